The average molecular weight is 365 g/mol. The van der Waals surface area contributed by atoms with Gasteiger partial charge in [-0.05, 0) is 24.3 Å². The molecular formula is C23H27NO3. The van der Waals surface area contributed by atoms with Gasteiger partial charge in [-0.15, -0.1) is 0 Å². The lowest BCUT2D eigenvalue weighted by molar-refractivity contribution is -0.159. The molecule has 0 spiro atoms. The zero-order valence-corrected chi connectivity index (χ0v) is 15.9. The standard InChI is InChI=1S/C23H27NO3/c1-3-16(2)20(17-10-6-4-7-11-17)23(26)27-21(18-12-8-5-9-13-18)22(25)24-19-14-15-19/h4-13,16,19-21H,3,14-15H2,1-2H3,(H,24,25)/t16-,20-,21-/m0/s1. The first-order valence-electron chi connectivity index (χ1n) is 9.71. The van der Waals surface area contributed by atoms with Crippen molar-refractivity contribution in [1.29, 1.82) is 0 Å². The van der Waals surface area contributed by atoms with Gasteiger partial charge in [0.2, 0.25) is 6.10 Å². The lowest BCUT2D eigenvalue weighted by atomic mass is 9.85. The van der Waals surface area contributed by atoms with Crippen LogP contribution in [-0.2, 0) is 14.3 Å². The van der Waals surface area contributed by atoms with Crippen LogP contribution in [0.15, 0.2) is 60.7 Å². The molecule has 142 valence electrons. The second-order valence-electron chi connectivity index (χ2n) is 7.28. The van der Waals surface area contributed by atoms with Gasteiger partial charge < -0.3 is 10.1 Å². The topological polar surface area (TPSA) is 55.4 Å². The fourth-order valence-corrected chi connectivity index (χ4v) is 3.19. The van der Waals surface area contributed by atoms with Gasteiger partial charge >= 0.3 is 5.97 Å². The second-order valence-corrected chi connectivity index (χ2v) is 7.28. The van der Waals surface area contributed by atoms with Crippen molar-refractivity contribution in [3.8, 4) is 0 Å². The summed E-state index contributed by atoms with van der Waals surface area (Å²) in [5.41, 5.74) is 1.62. The van der Waals surface area contributed by atoms with Crippen molar-refractivity contribution in [3.05, 3.63) is 71.8 Å². The number of carbonyl (C=O) groups is 2. The smallest absolute Gasteiger partial charge is 0.314 e. The Bertz CT molecular complexity index is 756. The molecule has 1 aliphatic carbocycles. The molecule has 27 heavy (non-hydrogen) atoms. The third-order valence-corrected chi connectivity index (χ3v) is 5.12. The molecule has 1 N–H and O–H groups in total. The van der Waals surface area contributed by atoms with E-state index >= 15 is 0 Å². The van der Waals surface area contributed by atoms with Crippen LogP contribution in [0.3, 0.4) is 0 Å². The van der Waals surface area contributed by atoms with Gasteiger partial charge in [-0.3, -0.25) is 9.59 Å². The molecule has 1 amide bonds. The quantitative estimate of drug-likeness (QED) is 0.706. The maximum Gasteiger partial charge on any atom is 0.314 e. The van der Waals surface area contributed by atoms with Crippen molar-refractivity contribution in [3.63, 3.8) is 0 Å². The van der Waals surface area contributed by atoms with E-state index in [1.54, 1.807) is 0 Å². The molecular weight excluding hydrogens is 338 g/mol. The Hall–Kier alpha value is -2.62. The Labute approximate surface area is 160 Å². The minimum absolute atomic E-state index is 0.114. The van der Waals surface area contributed by atoms with Crippen molar-refractivity contribution >= 4 is 11.9 Å². The molecule has 0 heterocycles. The summed E-state index contributed by atoms with van der Waals surface area (Å²) in [4.78, 5) is 25.9. The number of nitrogens with one attached hydrogen (secondary N) is 1. The van der Waals surface area contributed by atoms with Crippen LogP contribution in [0.5, 0.6) is 0 Å². The molecule has 0 bridgehead atoms. The maximum atomic E-state index is 13.1. The van der Waals surface area contributed by atoms with Crippen molar-refractivity contribution in [2.45, 2.75) is 51.2 Å². The highest BCUT2D eigenvalue weighted by Gasteiger charge is 2.34. The number of carbonyl (C=O) groups excluding carboxylic acids is 2. The first-order valence-corrected chi connectivity index (χ1v) is 9.71. The second kappa shape index (κ2) is 8.85. The number of benzene rings is 2. The normalized spacial score (nSPS) is 16.8. The van der Waals surface area contributed by atoms with E-state index in [0.29, 0.717) is 5.56 Å². The molecule has 0 unspecified atom stereocenters. The Morgan fingerprint density at radius 2 is 1.56 bits per heavy atom. The zero-order valence-electron chi connectivity index (χ0n) is 15.9. The molecule has 3 rings (SSSR count). The Morgan fingerprint density at radius 1 is 1.00 bits per heavy atom. The predicted octanol–water partition coefficient (Wildman–Crippen LogP) is 4.38. The van der Waals surface area contributed by atoms with Gasteiger partial charge in [0, 0.05) is 11.6 Å². The molecule has 0 aliphatic heterocycles. The van der Waals surface area contributed by atoms with Gasteiger partial charge in [-0.1, -0.05) is 80.9 Å². The van der Waals surface area contributed by atoms with Crippen LogP contribution in [0, 0.1) is 5.92 Å². The van der Waals surface area contributed by atoms with Gasteiger partial charge in [0.1, 0.15) is 0 Å². The van der Waals surface area contributed by atoms with E-state index in [-0.39, 0.29) is 23.8 Å². The van der Waals surface area contributed by atoms with E-state index in [9.17, 15) is 9.59 Å². The summed E-state index contributed by atoms with van der Waals surface area (Å²) in [6.07, 6.45) is 1.90. The number of ether oxygens (including phenoxy) is 1. The molecule has 2 aromatic rings. The van der Waals surface area contributed by atoms with Crippen LogP contribution in [-0.4, -0.2) is 17.9 Å². The number of amides is 1. The van der Waals surface area contributed by atoms with Gasteiger partial charge in [-0.2, -0.15) is 0 Å². The number of rotatable bonds is 8. The zero-order chi connectivity index (χ0) is 19.2. The summed E-state index contributed by atoms with van der Waals surface area (Å²) >= 11 is 0. The van der Waals surface area contributed by atoms with E-state index < -0.39 is 12.0 Å². The largest absolute Gasteiger partial charge is 0.447 e. The number of esters is 1. The van der Waals surface area contributed by atoms with Crippen LogP contribution < -0.4 is 5.32 Å². The molecule has 0 aromatic heterocycles. The van der Waals surface area contributed by atoms with Crippen molar-refractivity contribution < 1.29 is 14.3 Å². The molecule has 1 saturated carbocycles. The third-order valence-electron chi connectivity index (χ3n) is 5.12. The van der Waals surface area contributed by atoms with Gasteiger partial charge in [0.05, 0.1) is 5.92 Å². The average Bonchev–Trinajstić information content (AvgIpc) is 3.51. The number of hydrogen-bond donors (Lipinski definition) is 1. The molecule has 4 nitrogen and oxygen atoms in total. The van der Waals surface area contributed by atoms with E-state index in [2.05, 4.69) is 12.2 Å². The summed E-state index contributed by atoms with van der Waals surface area (Å²) in [5, 5.41) is 2.96. The fourth-order valence-electron chi connectivity index (χ4n) is 3.19. The molecule has 0 saturated heterocycles. The summed E-state index contributed by atoms with van der Waals surface area (Å²) < 4.78 is 5.82. The predicted molar refractivity (Wildman–Crippen MR) is 105 cm³/mol. The van der Waals surface area contributed by atoms with E-state index in [4.69, 9.17) is 4.74 Å². The molecule has 3 atom stereocenters. The van der Waals surface area contributed by atoms with E-state index in [1.165, 1.54) is 0 Å². The van der Waals surface area contributed by atoms with Crippen LogP contribution in [0.2, 0.25) is 0 Å². The fraction of sp³-hybridized carbons (Fsp3) is 0.391. The van der Waals surface area contributed by atoms with Gasteiger partial charge in [0.15, 0.2) is 0 Å². The SMILES string of the molecule is CC[C@H](C)[C@H](C(=O)O[C@H](C(=O)NC1CC1)c1ccccc1)c1ccccc1. The van der Waals surface area contributed by atoms with Crippen LogP contribution in [0.1, 0.15) is 56.3 Å². The lowest BCUT2D eigenvalue weighted by Gasteiger charge is -2.25. The molecule has 1 aliphatic rings. The van der Waals surface area contributed by atoms with Crippen LogP contribution in [0.25, 0.3) is 0 Å². The van der Waals surface area contributed by atoms with Crippen LogP contribution >= 0.6 is 0 Å². The first-order chi connectivity index (χ1) is 13.1. The lowest BCUT2D eigenvalue weighted by Crippen LogP contribution is -2.35. The summed E-state index contributed by atoms with van der Waals surface area (Å²) in [6, 6.07) is 19.1. The minimum Gasteiger partial charge on any atom is -0.447 e. The van der Waals surface area contributed by atoms with Crippen LogP contribution in [0.4, 0.5) is 0 Å². The minimum atomic E-state index is -0.922. The summed E-state index contributed by atoms with van der Waals surface area (Å²) in [7, 11) is 0. The summed E-state index contributed by atoms with van der Waals surface area (Å²) in [6.45, 7) is 4.10. The van der Waals surface area contributed by atoms with E-state index in [1.807, 2.05) is 67.6 Å². The Kier molecular flexibility index (Phi) is 6.28. The highest BCUT2D eigenvalue weighted by Crippen LogP contribution is 2.31. The highest BCUT2D eigenvalue weighted by molar-refractivity contribution is 5.87. The van der Waals surface area contributed by atoms with Gasteiger partial charge in [0.25, 0.3) is 5.91 Å². The molecule has 0 radical (unpaired) electrons. The Morgan fingerprint density at radius 3 is 2.07 bits per heavy atom. The molecule has 1 fully saturated rings. The third kappa shape index (κ3) is 4.97. The van der Waals surface area contributed by atoms with Crippen molar-refractivity contribution in [1.82, 2.24) is 5.32 Å². The van der Waals surface area contributed by atoms with Crippen molar-refractivity contribution in [2.75, 3.05) is 0 Å². The highest BCUT2D eigenvalue weighted by atomic mass is 16.5. The maximum absolute atomic E-state index is 13.1. The monoisotopic (exact) mass is 365 g/mol. The summed E-state index contributed by atoms with van der Waals surface area (Å²) in [5.74, 6) is -0.873. The first kappa shape index (κ1) is 19.2. The number of hydrogen-bond acceptors (Lipinski definition) is 3. The molecule has 4 heteroatoms. The van der Waals surface area contributed by atoms with E-state index in [0.717, 1.165) is 24.8 Å². The van der Waals surface area contributed by atoms with Gasteiger partial charge in [-0.25, -0.2) is 0 Å². The molecule has 2 aromatic carbocycles. The van der Waals surface area contributed by atoms with Crippen molar-refractivity contribution in [2.24, 2.45) is 5.92 Å². The Balaban J connectivity index is 1.84.